The van der Waals surface area contributed by atoms with Crippen molar-refractivity contribution >= 4 is 5.91 Å². The van der Waals surface area contributed by atoms with Crippen LogP contribution in [0.2, 0.25) is 0 Å². The lowest BCUT2D eigenvalue weighted by molar-refractivity contribution is -0.125. The third-order valence-electron chi connectivity index (χ3n) is 3.84. The van der Waals surface area contributed by atoms with Gasteiger partial charge in [0, 0.05) is 6.04 Å². The molecule has 0 aliphatic heterocycles. The number of amides is 1. The van der Waals surface area contributed by atoms with E-state index in [0.29, 0.717) is 6.04 Å². The molecule has 0 radical (unpaired) electrons. The Hall–Kier alpha value is -1.04. The largest absolute Gasteiger partial charge is 0.352 e. The number of nitrogens with one attached hydrogen (secondary N) is 1. The van der Waals surface area contributed by atoms with Gasteiger partial charge in [-0.25, -0.2) is 0 Å². The first kappa shape index (κ1) is 11.4. The van der Waals surface area contributed by atoms with E-state index < -0.39 is 5.41 Å². The monoisotopic (exact) mass is 220 g/mol. The van der Waals surface area contributed by atoms with E-state index >= 15 is 0 Å². The van der Waals surface area contributed by atoms with Gasteiger partial charge in [0.1, 0.15) is 5.41 Å². The summed E-state index contributed by atoms with van der Waals surface area (Å²) in [5.41, 5.74) is -0.650. The summed E-state index contributed by atoms with van der Waals surface area (Å²) in [6.45, 7) is 0. The van der Waals surface area contributed by atoms with E-state index in [0.717, 1.165) is 25.7 Å². The number of nitriles is 1. The summed E-state index contributed by atoms with van der Waals surface area (Å²) in [6, 6.07) is 2.48. The maximum atomic E-state index is 11.9. The minimum atomic E-state index is -0.650. The lowest BCUT2D eigenvalue weighted by Crippen LogP contribution is -2.39. The van der Waals surface area contributed by atoms with E-state index in [2.05, 4.69) is 11.4 Å². The summed E-state index contributed by atoms with van der Waals surface area (Å²) in [4.78, 5) is 11.9. The first-order valence-electron chi connectivity index (χ1n) is 6.49. The SMILES string of the molecule is N#CC1(C(=O)NC2CCCCCCC2)CC1. The molecule has 0 spiro atoms. The van der Waals surface area contributed by atoms with Crippen LogP contribution in [0, 0.1) is 16.7 Å². The Bertz CT molecular complexity index is 294. The first-order valence-corrected chi connectivity index (χ1v) is 6.49. The van der Waals surface area contributed by atoms with Crippen LogP contribution in [0.1, 0.15) is 57.8 Å². The van der Waals surface area contributed by atoms with Crippen LogP contribution in [0.15, 0.2) is 0 Å². The van der Waals surface area contributed by atoms with E-state index in [1.165, 1.54) is 32.1 Å². The van der Waals surface area contributed by atoms with Crippen molar-refractivity contribution in [3.63, 3.8) is 0 Å². The molecule has 3 nitrogen and oxygen atoms in total. The zero-order chi connectivity index (χ0) is 11.4. The zero-order valence-corrected chi connectivity index (χ0v) is 9.80. The van der Waals surface area contributed by atoms with Crippen molar-refractivity contribution < 1.29 is 4.79 Å². The van der Waals surface area contributed by atoms with Crippen LogP contribution in [-0.4, -0.2) is 11.9 Å². The van der Waals surface area contributed by atoms with Crippen molar-refractivity contribution in [1.82, 2.24) is 5.32 Å². The molecule has 3 heteroatoms. The topological polar surface area (TPSA) is 52.9 Å². The van der Waals surface area contributed by atoms with Crippen molar-refractivity contribution in [2.24, 2.45) is 5.41 Å². The summed E-state index contributed by atoms with van der Waals surface area (Å²) >= 11 is 0. The smallest absolute Gasteiger partial charge is 0.240 e. The fourth-order valence-electron chi connectivity index (χ4n) is 2.44. The van der Waals surface area contributed by atoms with E-state index in [-0.39, 0.29) is 5.91 Å². The summed E-state index contributed by atoms with van der Waals surface area (Å²) in [5.74, 6) is -0.0134. The van der Waals surface area contributed by atoms with Crippen LogP contribution in [0.4, 0.5) is 0 Å². The van der Waals surface area contributed by atoms with Gasteiger partial charge < -0.3 is 5.32 Å². The molecule has 2 aliphatic carbocycles. The van der Waals surface area contributed by atoms with Gasteiger partial charge in [-0.1, -0.05) is 32.1 Å². The number of nitrogens with zero attached hydrogens (tertiary/aromatic N) is 1. The number of hydrogen-bond acceptors (Lipinski definition) is 2. The number of hydrogen-bond donors (Lipinski definition) is 1. The van der Waals surface area contributed by atoms with Gasteiger partial charge >= 0.3 is 0 Å². The summed E-state index contributed by atoms with van der Waals surface area (Å²) in [5, 5.41) is 12.0. The van der Waals surface area contributed by atoms with Crippen molar-refractivity contribution in [2.75, 3.05) is 0 Å². The minimum Gasteiger partial charge on any atom is -0.352 e. The Morgan fingerprint density at radius 1 is 1.12 bits per heavy atom. The molecule has 0 saturated heterocycles. The molecule has 2 saturated carbocycles. The minimum absolute atomic E-state index is 0.0134. The molecule has 1 amide bonds. The highest BCUT2D eigenvalue weighted by atomic mass is 16.2. The predicted molar refractivity (Wildman–Crippen MR) is 61.5 cm³/mol. The molecule has 88 valence electrons. The molecule has 0 aromatic carbocycles. The standard InChI is InChI=1S/C13H20N2O/c14-10-13(8-9-13)12(16)15-11-6-4-2-1-3-5-7-11/h11H,1-9H2,(H,15,16). The van der Waals surface area contributed by atoms with Crippen LogP contribution >= 0.6 is 0 Å². The Labute approximate surface area is 97.2 Å². The lowest BCUT2D eigenvalue weighted by Gasteiger charge is -2.22. The van der Waals surface area contributed by atoms with Gasteiger partial charge in [-0.2, -0.15) is 5.26 Å². The van der Waals surface area contributed by atoms with Crippen molar-refractivity contribution in [3.8, 4) is 6.07 Å². The fraction of sp³-hybridized carbons (Fsp3) is 0.846. The van der Waals surface area contributed by atoms with E-state index in [9.17, 15) is 4.79 Å². The predicted octanol–water partition coefficient (Wildman–Crippen LogP) is 2.52. The van der Waals surface area contributed by atoms with Crippen molar-refractivity contribution in [2.45, 2.75) is 63.8 Å². The highest BCUT2D eigenvalue weighted by Crippen LogP contribution is 2.45. The third kappa shape index (κ3) is 2.55. The molecular weight excluding hydrogens is 200 g/mol. The summed E-state index contributed by atoms with van der Waals surface area (Å²) in [6.07, 6.45) is 10.0. The Balaban J connectivity index is 1.83. The van der Waals surface area contributed by atoms with Crippen LogP contribution < -0.4 is 5.32 Å². The molecule has 2 fully saturated rings. The van der Waals surface area contributed by atoms with Gasteiger partial charge in [-0.05, 0) is 25.7 Å². The van der Waals surface area contributed by atoms with E-state index in [1.54, 1.807) is 0 Å². The Kier molecular flexibility index (Phi) is 3.48. The van der Waals surface area contributed by atoms with Crippen molar-refractivity contribution in [1.29, 1.82) is 5.26 Å². The molecule has 0 atom stereocenters. The zero-order valence-electron chi connectivity index (χ0n) is 9.80. The average molecular weight is 220 g/mol. The second-order valence-corrected chi connectivity index (χ2v) is 5.21. The first-order chi connectivity index (χ1) is 7.77. The molecule has 1 N–H and O–H groups in total. The number of rotatable bonds is 2. The second-order valence-electron chi connectivity index (χ2n) is 5.21. The highest BCUT2D eigenvalue weighted by molar-refractivity contribution is 5.88. The van der Waals surface area contributed by atoms with Gasteiger partial charge in [0.25, 0.3) is 0 Å². The van der Waals surface area contributed by atoms with Crippen LogP contribution in [0.3, 0.4) is 0 Å². The van der Waals surface area contributed by atoms with Gasteiger partial charge in [-0.15, -0.1) is 0 Å². The van der Waals surface area contributed by atoms with Crippen molar-refractivity contribution in [3.05, 3.63) is 0 Å². The van der Waals surface area contributed by atoms with E-state index in [4.69, 9.17) is 5.26 Å². The fourth-order valence-corrected chi connectivity index (χ4v) is 2.44. The second kappa shape index (κ2) is 4.86. The van der Waals surface area contributed by atoms with Crippen LogP contribution in [0.25, 0.3) is 0 Å². The molecule has 16 heavy (non-hydrogen) atoms. The summed E-state index contributed by atoms with van der Waals surface area (Å²) < 4.78 is 0. The maximum absolute atomic E-state index is 11.9. The van der Waals surface area contributed by atoms with Gasteiger partial charge in [0.2, 0.25) is 5.91 Å². The molecule has 0 aromatic rings. The van der Waals surface area contributed by atoms with Gasteiger partial charge in [0.05, 0.1) is 6.07 Å². The molecule has 0 aromatic heterocycles. The number of carbonyl (C=O) groups excluding carboxylic acids is 1. The molecular formula is C13H20N2O. The molecule has 2 aliphatic rings. The quantitative estimate of drug-likeness (QED) is 0.777. The summed E-state index contributed by atoms with van der Waals surface area (Å²) in [7, 11) is 0. The highest BCUT2D eigenvalue weighted by Gasteiger charge is 2.50. The van der Waals surface area contributed by atoms with Gasteiger partial charge in [0.15, 0.2) is 0 Å². The normalized spacial score (nSPS) is 24.9. The third-order valence-corrected chi connectivity index (χ3v) is 3.84. The lowest BCUT2D eigenvalue weighted by atomic mass is 9.96. The Morgan fingerprint density at radius 3 is 2.19 bits per heavy atom. The molecule has 0 bridgehead atoms. The van der Waals surface area contributed by atoms with Gasteiger partial charge in [-0.3, -0.25) is 4.79 Å². The Morgan fingerprint density at radius 2 is 1.69 bits per heavy atom. The molecule has 2 rings (SSSR count). The van der Waals surface area contributed by atoms with E-state index in [1.807, 2.05) is 0 Å². The van der Waals surface area contributed by atoms with Crippen LogP contribution in [0.5, 0.6) is 0 Å². The molecule has 0 unspecified atom stereocenters. The van der Waals surface area contributed by atoms with Crippen LogP contribution in [-0.2, 0) is 4.79 Å². The maximum Gasteiger partial charge on any atom is 0.240 e. The molecule has 0 heterocycles. The number of carbonyl (C=O) groups is 1. The average Bonchev–Trinajstić information content (AvgIpc) is 3.02.